The first-order valence-electron chi connectivity index (χ1n) is 11.6. The lowest BCUT2D eigenvalue weighted by Crippen LogP contribution is -2.49. The van der Waals surface area contributed by atoms with Gasteiger partial charge in [-0.25, -0.2) is 0 Å². The van der Waals surface area contributed by atoms with Gasteiger partial charge in [0.2, 0.25) is 0 Å². The van der Waals surface area contributed by atoms with Gasteiger partial charge >= 0.3 is 0 Å². The maximum absolute atomic E-state index is 13.0. The van der Waals surface area contributed by atoms with Crippen molar-refractivity contribution in [2.75, 3.05) is 39.8 Å². The van der Waals surface area contributed by atoms with Gasteiger partial charge in [0.25, 0.3) is 5.91 Å². The van der Waals surface area contributed by atoms with Crippen LogP contribution < -0.4 is 4.74 Å². The normalized spacial score (nSPS) is 15.2. The third-order valence-corrected chi connectivity index (χ3v) is 6.45. The highest BCUT2D eigenvalue weighted by atomic mass is 35.5. The van der Waals surface area contributed by atoms with E-state index in [9.17, 15) is 4.79 Å². The van der Waals surface area contributed by atoms with Gasteiger partial charge in [-0.2, -0.15) is 0 Å². The molecule has 0 aliphatic carbocycles. The summed E-state index contributed by atoms with van der Waals surface area (Å²) >= 11 is 6.12. The SMILES string of the molecule is COc1ccccc1C(=O)N1CCN(CC(OCc2cccc(C)c2)c2ccc(Cl)cc2)CC1. The molecule has 6 heteroatoms. The number of aryl methyl sites for hydroxylation is 1. The highest BCUT2D eigenvalue weighted by Crippen LogP contribution is 2.25. The van der Waals surface area contributed by atoms with Crippen LogP contribution in [0.15, 0.2) is 72.8 Å². The summed E-state index contributed by atoms with van der Waals surface area (Å²) in [5.74, 6) is 0.629. The van der Waals surface area contributed by atoms with E-state index in [-0.39, 0.29) is 12.0 Å². The predicted octanol–water partition coefficient (Wildman–Crippen LogP) is 5.37. The average molecular weight is 479 g/mol. The number of para-hydroxylation sites is 1. The van der Waals surface area contributed by atoms with Gasteiger partial charge in [-0.1, -0.05) is 65.7 Å². The maximum atomic E-state index is 13.0. The van der Waals surface area contributed by atoms with Gasteiger partial charge in [0.15, 0.2) is 0 Å². The Labute approximate surface area is 206 Å². The zero-order valence-corrected chi connectivity index (χ0v) is 20.5. The maximum Gasteiger partial charge on any atom is 0.257 e. The first kappa shape index (κ1) is 24.3. The van der Waals surface area contributed by atoms with Crippen LogP contribution in [-0.2, 0) is 11.3 Å². The number of rotatable bonds is 8. The molecule has 0 bridgehead atoms. The van der Waals surface area contributed by atoms with Crippen molar-refractivity contribution in [2.24, 2.45) is 0 Å². The molecule has 1 saturated heterocycles. The summed E-state index contributed by atoms with van der Waals surface area (Å²) in [4.78, 5) is 17.3. The third kappa shape index (κ3) is 6.17. The lowest BCUT2D eigenvalue weighted by molar-refractivity contribution is 0.00338. The molecule has 3 aromatic rings. The van der Waals surface area contributed by atoms with E-state index in [0.717, 1.165) is 30.8 Å². The van der Waals surface area contributed by atoms with Gasteiger partial charge in [0.1, 0.15) is 5.75 Å². The van der Waals surface area contributed by atoms with E-state index in [1.54, 1.807) is 7.11 Å². The van der Waals surface area contributed by atoms with Gasteiger partial charge in [0, 0.05) is 37.7 Å². The minimum absolute atomic E-state index is 0.0158. The molecule has 178 valence electrons. The van der Waals surface area contributed by atoms with Crippen molar-refractivity contribution >= 4 is 17.5 Å². The molecular formula is C28H31ClN2O3. The average Bonchev–Trinajstić information content (AvgIpc) is 2.87. The van der Waals surface area contributed by atoms with E-state index >= 15 is 0 Å². The first-order chi connectivity index (χ1) is 16.5. The lowest BCUT2D eigenvalue weighted by Gasteiger charge is -2.36. The zero-order chi connectivity index (χ0) is 23.9. The Hall–Kier alpha value is -2.86. The number of amides is 1. The Kier molecular flexibility index (Phi) is 8.22. The fraction of sp³-hybridized carbons (Fsp3) is 0.321. The lowest BCUT2D eigenvalue weighted by atomic mass is 10.1. The molecule has 0 radical (unpaired) electrons. The molecular weight excluding hydrogens is 448 g/mol. The number of ether oxygens (including phenoxy) is 2. The van der Waals surface area contributed by atoms with Crippen molar-refractivity contribution in [2.45, 2.75) is 19.6 Å². The largest absolute Gasteiger partial charge is 0.496 e. The molecule has 34 heavy (non-hydrogen) atoms. The van der Waals surface area contributed by atoms with Crippen LogP contribution >= 0.6 is 11.6 Å². The van der Waals surface area contributed by atoms with E-state index in [4.69, 9.17) is 21.1 Å². The predicted molar refractivity (Wildman–Crippen MR) is 135 cm³/mol. The topological polar surface area (TPSA) is 42.0 Å². The van der Waals surface area contributed by atoms with Crippen molar-refractivity contribution in [3.8, 4) is 5.75 Å². The molecule has 0 N–H and O–H groups in total. The zero-order valence-electron chi connectivity index (χ0n) is 19.7. The summed E-state index contributed by atoms with van der Waals surface area (Å²) in [5.41, 5.74) is 4.09. The quantitative estimate of drug-likeness (QED) is 0.436. The molecule has 1 aliphatic heterocycles. The molecule has 1 atom stereocenters. The van der Waals surface area contributed by atoms with Crippen molar-refractivity contribution < 1.29 is 14.3 Å². The highest BCUT2D eigenvalue weighted by molar-refractivity contribution is 6.30. The van der Waals surface area contributed by atoms with E-state index in [2.05, 4.69) is 36.1 Å². The van der Waals surface area contributed by atoms with Crippen molar-refractivity contribution in [3.63, 3.8) is 0 Å². The summed E-state index contributed by atoms with van der Waals surface area (Å²) in [7, 11) is 1.59. The number of piperazine rings is 1. The Bertz CT molecular complexity index is 1090. The van der Waals surface area contributed by atoms with Crippen LogP contribution in [0, 0.1) is 6.92 Å². The number of benzene rings is 3. The Morgan fingerprint density at radius 2 is 1.71 bits per heavy atom. The molecule has 1 aliphatic rings. The first-order valence-corrected chi connectivity index (χ1v) is 12.0. The number of hydrogen-bond donors (Lipinski definition) is 0. The number of methoxy groups -OCH3 is 1. The Balaban J connectivity index is 1.39. The van der Waals surface area contributed by atoms with Crippen LogP contribution in [-0.4, -0.2) is 55.5 Å². The second kappa shape index (κ2) is 11.5. The molecule has 0 saturated carbocycles. The van der Waals surface area contributed by atoms with Crippen LogP contribution in [0.5, 0.6) is 5.75 Å². The van der Waals surface area contributed by atoms with Crippen LogP contribution in [0.1, 0.15) is 33.2 Å². The van der Waals surface area contributed by atoms with Gasteiger partial charge < -0.3 is 14.4 Å². The number of hydrogen-bond acceptors (Lipinski definition) is 4. The highest BCUT2D eigenvalue weighted by Gasteiger charge is 2.26. The Morgan fingerprint density at radius 1 is 0.971 bits per heavy atom. The van der Waals surface area contributed by atoms with Crippen molar-refractivity contribution in [3.05, 3.63) is 100 Å². The van der Waals surface area contributed by atoms with Crippen LogP contribution in [0.2, 0.25) is 5.02 Å². The molecule has 5 nitrogen and oxygen atoms in total. The van der Waals surface area contributed by atoms with Crippen LogP contribution in [0.25, 0.3) is 0 Å². The van der Waals surface area contributed by atoms with E-state index in [1.807, 2.05) is 53.4 Å². The fourth-order valence-corrected chi connectivity index (χ4v) is 4.42. The third-order valence-electron chi connectivity index (χ3n) is 6.20. The summed E-state index contributed by atoms with van der Waals surface area (Å²) in [6, 6.07) is 23.7. The second-order valence-corrected chi connectivity index (χ2v) is 9.07. The fourth-order valence-electron chi connectivity index (χ4n) is 4.29. The van der Waals surface area contributed by atoms with Gasteiger partial charge in [0.05, 0.1) is 25.4 Å². The molecule has 0 aromatic heterocycles. The monoisotopic (exact) mass is 478 g/mol. The second-order valence-electron chi connectivity index (χ2n) is 8.63. The summed E-state index contributed by atoms with van der Waals surface area (Å²) in [6.07, 6.45) is -0.0887. The molecule has 1 unspecified atom stereocenters. The Morgan fingerprint density at radius 3 is 2.41 bits per heavy atom. The summed E-state index contributed by atoms with van der Waals surface area (Å²) in [5, 5.41) is 0.713. The molecule has 1 amide bonds. The van der Waals surface area contributed by atoms with Gasteiger partial charge in [-0.05, 0) is 42.3 Å². The summed E-state index contributed by atoms with van der Waals surface area (Å²) in [6.45, 7) is 6.30. The van der Waals surface area contributed by atoms with Crippen LogP contribution in [0.4, 0.5) is 0 Å². The summed E-state index contributed by atoms with van der Waals surface area (Å²) < 4.78 is 11.8. The molecule has 0 spiro atoms. The van der Waals surface area contributed by atoms with Crippen LogP contribution in [0.3, 0.4) is 0 Å². The number of halogens is 1. The van der Waals surface area contributed by atoms with E-state index < -0.39 is 0 Å². The molecule has 1 fully saturated rings. The van der Waals surface area contributed by atoms with Crippen molar-refractivity contribution in [1.82, 2.24) is 9.80 Å². The molecule has 1 heterocycles. The number of carbonyl (C=O) groups is 1. The molecule has 3 aromatic carbocycles. The van der Waals surface area contributed by atoms with E-state index in [0.29, 0.717) is 36.0 Å². The van der Waals surface area contributed by atoms with Gasteiger partial charge in [-0.15, -0.1) is 0 Å². The van der Waals surface area contributed by atoms with Crippen molar-refractivity contribution in [1.29, 1.82) is 0 Å². The number of nitrogens with zero attached hydrogens (tertiary/aromatic N) is 2. The smallest absolute Gasteiger partial charge is 0.257 e. The molecule has 4 rings (SSSR count). The van der Waals surface area contributed by atoms with Gasteiger partial charge in [-0.3, -0.25) is 9.69 Å². The van der Waals surface area contributed by atoms with E-state index in [1.165, 1.54) is 5.56 Å². The standard InChI is InChI=1S/C28H31ClN2O3/c1-21-6-5-7-22(18-21)20-34-27(23-10-12-24(29)13-11-23)19-30-14-16-31(17-15-30)28(32)25-8-3-4-9-26(25)33-2/h3-13,18,27H,14-17,19-20H2,1-2H3. The number of carbonyl (C=O) groups excluding carboxylic acids is 1. The minimum Gasteiger partial charge on any atom is -0.496 e. The minimum atomic E-state index is -0.0887.